The number of hydrogen-bond acceptors (Lipinski definition) is 5. The van der Waals surface area contributed by atoms with Crippen LogP contribution in [0.2, 0.25) is 0 Å². The molecular weight excluding hydrogens is 284 g/mol. The molecule has 6 heteroatoms. The Bertz CT molecular complexity index is 781. The first-order chi connectivity index (χ1) is 10.6. The summed E-state index contributed by atoms with van der Waals surface area (Å²) in [7, 11) is 0. The normalized spacial score (nSPS) is 18.4. The van der Waals surface area contributed by atoms with Crippen molar-refractivity contribution in [1.29, 1.82) is 0 Å². The largest absolute Gasteiger partial charge is 0.454 e. The molecule has 1 aromatic heterocycles. The lowest BCUT2D eigenvalue weighted by Crippen LogP contribution is -2.31. The van der Waals surface area contributed by atoms with Gasteiger partial charge in [-0.1, -0.05) is 18.2 Å². The van der Waals surface area contributed by atoms with Crippen molar-refractivity contribution in [3.8, 4) is 0 Å². The van der Waals surface area contributed by atoms with Crippen LogP contribution in [0.25, 0.3) is 10.8 Å². The van der Waals surface area contributed by atoms with Gasteiger partial charge in [-0.3, -0.25) is 14.4 Å². The van der Waals surface area contributed by atoms with E-state index in [2.05, 4.69) is 10.2 Å². The standard InChI is InChI=1S/C16H16N2O4/c19-13-7-3-4-8-14(13)22-15(20)9-12-10-5-1-2-6-11(10)16(21)18-17-12/h1-2,5-6,14H,3-4,7-9H2,(H,18,21)/t14-/m1/s1. The molecule has 1 aliphatic carbocycles. The molecular formula is C16H16N2O4. The fraction of sp³-hybridized carbons (Fsp3) is 0.375. The lowest BCUT2D eigenvalue weighted by Gasteiger charge is -2.20. The topological polar surface area (TPSA) is 89.1 Å². The molecule has 0 aliphatic heterocycles. The molecule has 1 saturated carbocycles. The van der Waals surface area contributed by atoms with Gasteiger partial charge in [0.15, 0.2) is 11.9 Å². The van der Waals surface area contributed by atoms with Gasteiger partial charge in [0.25, 0.3) is 5.56 Å². The van der Waals surface area contributed by atoms with Crippen LogP contribution in [0.15, 0.2) is 29.1 Å². The van der Waals surface area contributed by atoms with E-state index in [9.17, 15) is 14.4 Å². The van der Waals surface area contributed by atoms with E-state index in [1.165, 1.54) is 0 Å². The molecule has 2 aromatic rings. The van der Waals surface area contributed by atoms with Crippen molar-refractivity contribution < 1.29 is 14.3 Å². The molecule has 0 saturated heterocycles. The van der Waals surface area contributed by atoms with E-state index in [0.29, 0.717) is 29.3 Å². The number of carbonyl (C=O) groups excluding carboxylic acids is 2. The van der Waals surface area contributed by atoms with Crippen LogP contribution in [0.3, 0.4) is 0 Å². The molecule has 0 spiro atoms. The van der Waals surface area contributed by atoms with E-state index >= 15 is 0 Å². The molecule has 0 bridgehead atoms. The van der Waals surface area contributed by atoms with E-state index in [0.717, 1.165) is 12.8 Å². The Morgan fingerprint density at radius 2 is 2.00 bits per heavy atom. The maximum absolute atomic E-state index is 12.0. The first-order valence-electron chi connectivity index (χ1n) is 7.33. The Morgan fingerprint density at radius 3 is 2.77 bits per heavy atom. The minimum atomic E-state index is -0.629. The van der Waals surface area contributed by atoms with Crippen LogP contribution in [0.1, 0.15) is 31.4 Å². The molecule has 3 rings (SSSR count). The molecule has 1 fully saturated rings. The number of ether oxygens (including phenoxy) is 1. The summed E-state index contributed by atoms with van der Waals surface area (Å²) in [5.74, 6) is -0.510. The highest BCUT2D eigenvalue weighted by atomic mass is 16.5. The zero-order valence-corrected chi connectivity index (χ0v) is 12.0. The molecule has 22 heavy (non-hydrogen) atoms. The molecule has 0 unspecified atom stereocenters. The smallest absolute Gasteiger partial charge is 0.312 e. The summed E-state index contributed by atoms with van der Waals surface area (Å²) in [5.41, 5.74) is 0.152. The van der Waals surface area contributed by atoms with Crippen LogP contribution in [0, 0.1) is 0 Å². The first kappa shape index (κ1) is 14.4. The fourth-order valence-corrected chi connectivity index (χ4v) is 2.72. The molecule has 114 valence electrons. The highest BCUT2D eigenvalue weighted by Crippen LogP contribution is 2.19. The van der Waals surface area contributed by atoms with Gasteiger partial charge in [0.1, 0.15) is 0 Å². The number of Topliss-reactive ketones (excluding diaryl/α,β-unsaturated/α-hetero) is 1. The fourth-order valence-electron chi connectivity index (χ4n) is 2.72. The monoisotopic (exact) mass is 300 g/mol. The van der Waals surface area contributed by atoms with Crippen LogP contribution < -0.4 is 5.56 Å². The van der Waals surface area contributed by atoms with Gasteiger partial charge in [-0.05, 0) is 25.3 Å². The number of ketones is 1. The number of hydrogen-bond donors (Lipinski definition) is 1. The number of nitrogens with one attached hydrogen (secondary N) is 1. The zero-order chi connectivity index (χ0) is 15.5. The summed E-state index contributed by atoms with van der Waals surface area (Å²) in [5, 5.41) is 7.42. The Hall–Kier alpha value is -2.50. The van der Waals surface area contributed by atoms with Crippen LogP contribution >= 0.6 is 0 Å². The van der Waals surface area contributed by atoms with Crippen molar-refractivity contribution in [2.24, 2.45) is 0 Å². The third-order valence-corrected chi connectivity index (χ3v) is 3.86. The van der Waals surface area contributed by atoms with Crippen molar-refractivity contribution >= 4 is 22.5 Å². The number of nitrogens with zero attached hydrogens (tertiary/aromatic N) is 1. The number of aromatic amines is 1. The summed E-state index contributed by atoms with van der Waals surface area (Å²) in [6.45, 7) is 0. The summed E-state index contributed by atoms with van der Waals surface area (Å²) in [4.78, 5) is 35.4. The van der Waals surface area contributed by atoms with Gasteiger partial charge in [0.05, 0.1) is 17.5 Å². The molecule has 1 heterocycles. The van der Waals surface area contributed by atoms with Crippen LogP contribution in [0.5, 0.6) is 0 Å². The summed E-state index contributed by atoms with van der Waals surface area (Å²) >= 11 is 0. The quantitative estimate of drug-likeness (QED) is 0.868. The highest BCUT2D eigenvalue weighted by Gasteiger charge is 2.26. The molecule has 1 aromatic carbocycles. The van der Waals surface area contributed by atoms with Crippen molar-refractivity contribution in [3.05, 3.63) is 40.3 Å². The van der Waals surface area contributed by atoms with Crippen molar-refractivity contribution in [2.45, 2.75) is 38.2 Å². The number of carbonyl (C=O) groups is 2. The van der Waals surface area contributed by atoms with Crippen LogP contribution in [-0.2, 0) is 20.7 Å². The van der Waals surface area contributed by atoms with E-state index in [1.54, 1.807) is 24.3 Å². The maximum atomic E-state index is 12.0. The van der Waals surface area contributed by atoms with Gasteiger partial charge in [-0.2, -0.15) is 5.10 Å². The van der Waals surface area contributed by atoms with Crippen molar-refractivity contribution in [3.63, 3.8) is 0 Å². The zero-order valence-electron chi connectivity index (χ0n) is 12.0. The highest BCUT2D eigenvalue weighted by molar-refractivity contribution is 5.89. The predicted molar refractivity (Wildman–Crippen MR) is 79.4 cm³/mol. The number of H-pyrrole nitrogens is 1. The molecule has 0 amide bonds. The minimum absolute atomic E-state index is 0.0149. The lowest BCUT2D eigenvalue weighted by molar-refractivity contribution is -0.156. The molecule has 1 N–H and O–H groups in total. The van der Waals surface area contributed by atoms with Crippen LogP contribution in [-0.4, -0.2) is 28.1 Å². The SMILES string of the molecule is O=C(Cc1n[nH]c(=O)c2ccccc12)O[C@@H]1CCCCC1=O. The Morgan fingerprint density at radius 1 is 1.23 bits per heavy atom. The van der Waals surface area contributed by atoms with Gasteiger partial charge < -0.3 is 4.74 Å². The number of fused-ring (bicyclic) bond motifs is 1. The van der Waals surface area contributed by atoms with E-state index in [1.807, 2.05) is 0 Å². The van der Waals surface area contributed by atoms with E-state index in [-0.39, 0.29) is 17.8 Å². The van der Waals surface area contributed by atoms with Crippen LogP contribution in [0.4, 0.5) is 0 Å². The summed E-state index contributed by atoms with van der Waals surface area (Å²) < 4.78 is 5.27. The number of rotatable bonds is 3. The van der Waals surface area contributed by atoms with Gasteiger partial charge in [-0.15, -0.1) is 0 Å². The van der Waals surface area contributed by atoms with Gasteiger partial charge >= 0.3 is 5.97 Å². The second-order valence-corrected chi connectivity index (χ2v) is 5.41. The second-order valence-electron chi connectivity index (χ2n) is 5.41. The van der Waals surface area contributed by atoms with Gasteiger partial charge in [0.2, 0.25) is 0 Å². The molecule has 0 radical (unpaired) electrons. The van der Waals surface area contributed by atoms with Crippen molar-refractivity contribution in [1.82, 2.24) is 10.2 Å². The molecule has 1 aliphatic rings. The average molecular weight is 300 g/mol. The molecule has 6 nitrogen and oxygen atoms in total. The number of benzene rings is 1. The van der Waals surface area contributed by atoms with Gasteiger partial charge in [0, 0.05) is 11.8 Å². The summed E-state index contributed by atoms with van der Waals surface area (Å²) in [6.07, 6.45) is 2.11. The third kappa shape index (κ3) is 2.90. The van der Waals surface area contributed by atoms with Gasteiger partial charge in [-0.25, -0.2) is 5.10 Å². The minimum Gasteiger partial charge on any atom is -0.454 e. The van der Waals surface area contributed by atoms with E-state index in [4.69, 9.17) is 4.74 Å². The summed E-state index contributed by atoms with van der Waals surface area (Å²) in [6, 6.07) is 6.95. The predicted octanol–water partition coefficient (Wildman–Crippen LogP) is 1.52. The maximum Gasteiger partial charge on any atom is 0.312 e. The second kappa shape index (κ2) is 6.09. The number of esters is 1. The lowest BCUT2D eigenvalue weighted by atomic mass is 9.96. The Balaban J connectivity index is 1.78. The van der Waals surface area contributed by atoms with Crippen molar-refractivity contribution in [2.75, 3.05) is 0 Å². The number of aromatic nitrogens is 2. The third-order valence-electron chi connectivity index (χ3n) is 3.86. The Labute approximate surface area is 126 Å². The average Bonchev–Trinajstić information content (AvgIpc) is 2.53. The Kier molecular flexibility index (Phi) is 4.00. The van der Waals surface area contributed by atoms with E-state index < -0.39 is 12.1 Å². The first-order valence-corrected chi connectivity index (χ1v) is 7.33. The molecule has 1 atom stereocenters.